The number of ether oxygens (including phenoxy) is 2. The summed E-state index contributed by atoms with van der Waals surface area (Å²) < 4.78 is 9.94. The lowest BCUT2D eigenvalue weighted by Gasteiger charge is -2.06. The number of aliphatic hydroxyl groups excluding tert-OH is 1. The van der Waals surface area contributed by atoms with Crippen LogP contribution in [0, 0.1) is 0 Å². The first-order valence-corrected chi connectivity index (χ1v) is 5.25. The number of benzene rings is 1. The molecule has 0 unspecified atom stereocenters. The van der Waals surface area contributed by atoms with E-state index in [9.17, 15) is 4.79 Å². The first-order chi connectivity index (χ1) is 7.72. The zero-order valence-corrected chi connectivity index (χ0v) is 9.44. The van der Waals surface area contributed by atoms with Gasteiger partial charge in [0.25, 0.3) is 0 Å². The molecule has 0 aliphatic rings. The van der Waals surface area contributed by atoms with Gasteiger partial charge in [0, 0.05) is 18.1 Å². The predicted molar refractivity (Wildman–Crippen MR) is 59.6 cm³/mol. The Morgan fingerprint density at radius 3 is 2.62 bits per heavy atom. The van der Waals surface area contributed by atoms with Crippen LogP contribution in [0.4, 0.5) is 0 Å². The standard InChI is InChI=1S/C11H13ClO4/c12-9-2-4-10(5-3-9)16-8-11(14)15-7-1-6-13/h2-5,13H,1,6-8H2. The van der Waals surface area contributed by atoms with Crippen molar-refractivity contribution >= 4 is 17.6 Å². The molecule has 0 fully saturated rings. The molecule has 0 amide bonds. The van der Waals surface area contributed by atoms with Gasteiger partial charge in [0.15, 0.2) is 6.61 Å². The summed E-state index contributed by atoms with van der Waals surface area (Å²) in [6.07, 6.45) is 0.437. The highest BCUT2D eigenvalue weighted by atomic mass is 35.5. The summed E-state index contributed by atoms with van der Waals surface area (Å²) in [5.41, 5.74) is 0. The van der Waals surface area contributed by atoms with Gasteiger partial charge in [-0.25, -0.2) is 4.79 Å². The predicted octanol–water partition coefficient (Wildman–Crippen LogP) is 1.64. The van der Waals surface area contributed by atoms with Gasteiger partial charge >= 0.3 is 5.97 Å². The highest BCUT2D eigenvalue weighted by Gasteiger charge is 2.03. The van der Waals surface area contributed by atoms with E-state index in [0.29, 0.717) is 17.2 Å². The van der Waals surface area contributed by atoms with Crippen LogP contribution in [-0.2, 0) is 9.53 Å². The topological polar surface area (TPSA) is 55.8 Å². The second-order valence-electron chi connectivity index (χ2n) is 3.04. The van der Waals surface area contributed by atoms with Gasteiger partial charge in [0.05, 0.1) is 6.61 Å². The van der Waals surface area contributed by atoms with Gasteiger partial charge in [-0.3, -0.25) is 0 Å². The van der Waals surface area contributed by atoms with Gasteiger partial charge in [-0.2, -0.15) is 0 Å². The number of carbonyl (C=O) groups excluding carboxylic acids is 1. The first-order valence-electron chi connectivity index (χ1n) is 4.87. The zero-order valence-electron chi connectivity index (χ0n) is 8.69. The number of aliphatic hydroxyl groups is 1. The molecule has 4 nitrogen and oxygen atoms in total. The third kappa shape index (κ3) is 5.00. The first kappa shape index (κ1) is 12.8. The van der Waals surface area contributed by atoms with E-state index in [1.54, 1.807) is 24.3 Å². The van der Waals surface area contributed by atoms with E-state index in [1.165, 1.54) is 0 Å². The quantitative estimate of drug-likeness (QED) is 0.611. The van der Waals surface area contributed by atoms with Crippen LogP contribution in [-0.4, -0.2) is 30.9 Å². The summed E-state index contributed by atoms with van der Waals surface area (Å²) >= 11 is 5.69. The fourth-order valence-electron chi connectivity index (χ4n) is 0.965. The molecule has 0 spiro atoms. The highest BCUT2D eigenvalue weighted by molar-refractivity contribution is 6.30. The minimum atomic E-state index is -0.455. The smallest absolute Gasteiger partial charge is 0.344 e. The summed E-state index contributed by atoms with van der Waals surface area (Å²) in [6, 6.07) is 6.69. The molecule has 1 rings (SSSR count). The zero-order chi connectivity index (χ0) is 11.8. The van der Waals surface area contributed by atoms with Gasteiger partial charge in [-0.05, 0) is 24.3 Å². The van der Waals surface area contributed by atoms with E-state index in [2.05, 4.69) is 0 Å². The van der Waals surface area contributed by atoms with Gasteiger partial charge < -0.3 is 14.6 Å². The van der Waals surface area contributed by atoms with Crippen LogP contribution in [0.2, 0.25) is 5.02 Å². The number of carbonyl (C=O) groups is 1. The molecule has 1 aromatic rings. The van der Waals surface area contributed by atoms with Crippen molar-refractivity contribution in [3.63, 3.8) is 0 Å². The number of esters is 1. The molecule has 0 aliphatic carbocycles. The van der Waals surface area contributed by atoms with E-state index in [4.69, 9.17) is 26.2 Å². The Balaban J connectivity index is 2.23. The minimum Gasteiger partial charge on any atom is -0.482 e. The van der Waals surface area contributed by atoms with Crippen LogP contribution in [0.3, 0.4) is 0 Å². The Kier molecular flexibility index (Phi) is 5.67. The van der Waals surface area contributed by atoms with Crippen molar-refractivity contribution in [2.75, 3.05) is 19.8 Å². The van der Waals surface area contributed by atoms with Crippen molar-refractivity contribution in [2.24, 2.45) is 0 Å². The Hall–Kier alpha value is -1.26. The maximum atomic E-state index is 11.1. The van der Waals surface area contributed by atoms with Crippen LogP contribution >= 0.6 is 11.6 Å². The van der Waals surface area contributed by atoms with E-state index >= 15 is 0 Å². The molecular formula is C11H13ClO4. The van der Waals surface area contributed by atoms with Crippen molar-refractivity contribution < 1.29 is 19.4 Å². The van der Waals surface area contributed by atoms with Crippen LogP contribution in [0.1, 0.15) is 6.42 Å². The summed E-state index contributed by atoms with van der Waals surface area (Å²) in [5.74, 6) is 0.104. The Morgan fingerprint density at radius 1 is 1.31 bits per heavy atom. The highest BCUT2D eigenvalue weighted by Crippen LogP contribution is 2.15. The largest absolute Gasteiger partial charge is 0.482 e. The van der Waals surface area contributed by atoms with Gasteiger partial charge in [0.2, 0.25) is 0 Å². The molecular weight excluding hydrogens is 232 g/mol. The van der Waals surface area contributed by atoms with E-state index in [-0.39, 0.29) is 19.8 Å². The van der Waals surface area contributed by atoms with E-state index in [0.717, 1.165) is 0 Å². The second-order valence-corrected chi connectivity index (χ2v) is 3.48. The molecule has 0 radical (unpaired) electrons. The summed E-state index contributed by atoms with van der Waals surface area (Å²) in [4.78, 5) is 11.1. The van der Waals surface area contributed by atoms with Crippen molar-refractivity contribution in [3.05, 3.63) is 29.3 Å². The molecule has 0 bridgehead atoms. The fraction of sp³-hybridized carbons (Fsp3) is 0.364. The molecule has 0 saturated heterocycles. The summed E-state index contributed by atoms with van der Waals surface area (Å²) in [7, 11) is 0. The molecule has 5 heteroatoms. The van der Waals surface area contributed by atoms with Gasteiger partial charge in [-0.15, -0.1) is 0 Å². The molecule has 0 saturated carbocycles. The lowest BCUT2D eigenvalue weighted by atomic mass is 10.3. The molecule has 0 aromatic heterocycles. The SMILES string of the molecule is O=C(COc1ccc(Cl)cc1)OCCCO. The number of hydrogen-bond donors (Lipinski definition) is 1. The monoisotopic (exact) mass is 244 g/mol. The molecule has 1 aromatic carbocycles. The van der Waals surface area contributed by atoms with Crippen LogP contribution in [0.25, 0.3) is 0 Å². The Bertz CT molecular complexity index is 323. The molecule has 0 atom stereocenters. The normalized spacial score (nSPS) is 9.88. The molecule has 16 heavy (non-hydrogen) atoms. The van der Waals surface area contributed by atoms with E-state index < -0.39 is 5.97 Å². The average molecular weight is 245 g/mol. The lowest BCUT2D eigenvalue weighted by Crippen LogP contribution is -2.15. The van der Waals surface area contributed by atoms with Crippen molar-refractivity contribution in [1.82, 2.24) is 0 Å². The summed E-state index contributed by atoms with van der Waals surface area (Å²) in [6.45, 7) is 0.0672. The Morgan fingerprint density at radius 2 is 2.00 bits per heavy atom. The van der Waals surface area contributed by atoms with Gasteiger partial charge in [-0.1, -0.05) is 11.6 Å². The number of hydrogen-bond acceptors (Lipinski definition) is 4. The van der Waals surface area contributed by atoms with Gasteiger partial charge in [0.1, 0.15) is 5.75 Å². The molecule has 0 aliphatic heterocycles. The van der Waals surface area contributed by atoms with Crippen LogP contribution in [0.5, 0.6) is 5.75 Å². The van der Waals surface area contributed by atoms with Crippen LogP contribution in [0.15, 0.2) is 24.3 Å². The lowest BCUT2D eigenvalue weighted by molar-refractivity contribution is -0.146. The minimum absolute atomic E-state index is 0.00528. The average Bonchev–Trinajstić information content (AvgIpc) is 2.29. The van der Waals surface area contributed by atoms with E-state index in [1.807, 2.05) is 0 Å². The third-order valence-electron chi connectivity index (χ3n) is 1.74. The fourth-order valence-corrected chi connectivity index (χ4v) is 1.09. The van der Waals surface area contributed by atoms with Crippen molar-refractivity contribution in [3.8, 4) is 5.75 Å². The maximum absolute atomic E-state index is 11.1. The summed E-state index contributed by atoms with van der Waals surface area (Å²) in [5, 5.41) is 9.09. The Labute approximate surface area is 98.7 Å². The maximum Gasteiger partial charge on any atom is 0.344 e. The van der Waals surface area contributed by atoms with Crippen LogP contribution < -0.4 is 4.74 Å². The van der Waals surface area contributed by atoms with Crippen molar-refractivity contribution in [1.29, 1.82) is 0 Å². The van der Waals surface area contributed by atoms with Crippen molar-refractivity contribution in [2.45, 2.75) is 6.42 Å². The second kappa shape index (κ2) is 7.09. The third-order valence-corrected chi connectivity index (χ3v) is 1.99. The molecule has 1 N–H and O–H groups in total. The molecule has 0 heterocycles. The molecule has 88 valence electrons. The number of halogens is 1. The number of rotatable bonds is 6.